The molecule has 7 nitrogen and oxygen atoms in total. The van der Waals surface area contributed by atoms with E-state index in [-0.39, 0.29) is 31.7 Å². The molecule has 0 atom stereocenters. The summed E-state index contributed by atoms with van der Waals surface area (Å²) in [6.45, 7) is 0.596. The molecule has 1 aromatic carbocycles. The fraction of sp³-hybridized carbons (Fsp3) is 0.385. The molecular weight excluding hydrogens is 281 g/mol. The summed E-state index contributed by atoms with van der Waals surface area (Å²) in [5, 5.41) is 19.3. The van der Waals surface area contributed by atoms with E-state index in [9.17, 15) is 19.3 Å². The van der Waals surface area contributed by atoms with E-state index < -0.39 is 22.3 Å². The van der Waals surface area contributed by atoms with Gasteiger partial charge in [0, 0.05) is 31.8 Å². The molecule has 1 rings (SSSR count). The largest absolute Gasteiger partial charge is 0.383 e. The van der Waals surface area contributed by atoms with Crippen LogP contribution >= 0.6 is 0 Å². The summed E-state index contributed by atoms with van der Waals surface area (Å²) in [7, 11) is 1.46. The molecule has 21 heavy (non-hydrogen) atoms. The van der Waals surface area contributed by atoms with Crippen LogP contribution in [-0.4, -0.2) is 42.5 Å². The standard InChI is InChI=1S/C13H14FN3O4/c1-21-6-5-16(4-2-3-15)13(18)10-7-11(14)9-12(8-10)17(19)20/h7-9H,2,4-6H2,1H3. The Labute approximate surface area is 120 Å². The van der Waals surface area contributed by atoms with Crippen molar-refractivity contribution in [3.8, 4) is 6.07 Å². The van der Waals surface area contributed by atoms with Crippen molar-refractivity contribution < 1.29 is 18.8 Å². The third-order valence-corrected chi connectivity index (χ3v) is 2.69. The molecule has 0 fully saturated rings. The lowest BCUT2D eigenvalue weighted by Crippen LogP contribution is -2.34. The number of carbonyl (C=O) groups is 1. The fourth-order valence-electron chi connectivity index (χ4n) is 1.69. The Balaban J connectivity index is 3.01. The van der Waals surface area contributed by atoms with Crippen molar-refractivity contribution in [3.63, 3.8) is 0 Å². The minimum atomic E-state index is -0.862. The van der Waals surface area contributed by atoms with Gasteiger partial charge in [0.05, 0.1) is 30.1 Å². The summed E-state index contributed by atoms with van der Waals surface area (Å²) in [4.78, 5) is 23.5. The minimum absolute atomic E-state index is 0.104. The number of benzene rings is 1. The molecule has 112 valence electrons. The zero-order valence-corrected chi connectivity index (χ0v) is 11.4. The number of rotatable bonds is 7. The number of halogens is 1. The number of nitro benzene ring substituents is 1. The summed E-state index contributed by atoms with van der Waals surface area (Å²) in [6.07, 6.45) is 0.104. The average molecular weight is 295 g/mol. The van der Waals surface area contributed by atoms with Crippen LogP contribution in [0.1, 0.15) is 16.8 Å². The van der Waals surface area contributed by atoms with Crippen molar-refractivity contribution in [1.82, 2.24) is 4.90 Å². The van der Waals surface area contributed by atoms with E-state index in [2.05, 4.69) is 0 Å². The van der Waals surface area contributed by atoms with Gasteiger partial charge in [-0.15, -0.1) is 0 Å². The molecule has 1 aromatic rings. The van der Waals surface area contributed by atoms with Gasteiger partial charge >= 0.3 is 0 Å². The minimum Gasteiger partial charge on any atom is -0.383 e. The normalized spacial score (nSPS) is 9.95. The summed E-state index contributed by atoms with van der Waals surface area (Å²) in [5.41, 5.74) is -0.624. The first-order chi connectivity index (χ1) is 9.99. The van der Waals surface area contributed by atoms with Crippen molar-refractivity contribution in [1.29, 1.82) is 5.26 Å². The van der Waals surface area contributed by atoms with Gasteiger partial charge in [-0.05, 0) is 6.07 Å². The Bertz CT molecular complexity index is 571. The van der Waals surface area contributed by atoms with E-state index >= 15 is 0 Å². The molecule has 8 heteroatoms. The lowest BCUT2D eigenvalue weighted by atomic mass is 10.1. The predicted octanol–water partition coefficient (Wildman–Crippen LogP) is 1.74. The Kier molecular flexibility index (Phi) is 6.23. The van der Waals surface area contributed by atoms with Crippen LogP contribution in [-0.2, 0) is 4.74 Å². The molecule has 0 spiro atoms. The molecule has 1 amide bonds. The van der Waals surface area contributed by atoms with Crippen molar-refractivity contribution in [2.24, 2.45) is 0 Å². The average Bonchev–Trinajstić information content (AvgIpc) is 2.46. The van der Waals surface area contributed by atoms with Crippen LogP contribution in [0.25, 0.3) is 0 Å². The van der Waals surface area contributed by atoms with Crippen molar-refractivity contribution in [2.75, 3.05) is 26.8 Å². The highest BCUT2D eigenvalue weighted by Crippen LogP contribution is 2.18. The molecule has 0 unspecified atom stereocenters. The number of non-ortho nitro benzene ring substituents is 1. The second-order valence-electron chi connectivity index (χ2n) is 4.15. The van der Waals surface area contributed by atoms with E-state index in [1.54, 1.807) is 0 Å². The summed E-state index contributed by atoms with van der Waals surface area (Å²) in [5.74, 6) is -1.44. The second-order valence-corrected chi connectivity index (χ2v) is 4.15. The van der Waals surface area contributed by atoms with Gasteiger partial charge in [0.25, 0.3) is 11.6 Å². The van der Waals surface area contributed by atoms with Gasteiger partial charge in [0.2, 0.25) is 0 Å². The summed E-state index contributed by atoms with van der Waals surface area (Å²) >= 11 is 0. The smallest absolute Gasteiger partial charge is 0.273 e. The van der Waals surface area contributed by atoms with Gasteiger partial charge in [0.15, 0.2) is 0 Å². The molecule has 0 aliphatic rings. The number of hydrogen-bond acceptors (Lipinski definition) is 5. The molecule has 0 heterocycles. The van der Waals surface area contributed by atoms with Gasteiger partial charge in [-0.3, -0.25) is 14.9 Å². The summed E-state index contributed by atoms with van der Waals surface area (Å²) < 4.78 is 18.2. The van der Waals surface area contributed by atoms with Crippen LogP contribution in [0.5, 0.6) is 0 Å². The van der Waals surface area contributed by atoms with Crippen LogP contribution in [0.4, 0.5) is 10.1 Å². The van der Waals surface area contributed by atoms with Gasteiger partial charge in [0.1, 0.15) is 5.82 Å². The SMILES string of the molecule is COCCN(CCC#N)C(=O)c1cc(F)cc([N+](=O)[O-])c1. The number of methoxy groups -OCH3 is 1. The van der Waals surface area contributed by atoms with Gasteiger partial charge in [-0.1, -0.05) is 0 Å². The van der Waals surface area contributed by atoms with E-state index in [0.29, 0.717) is 0 Å². The highest BCUT2D eigenvalue weighted by atomic mass is 19.1. The lowest BCUT2D eigenvalue weighted by molar-refractivity contribution is -0.385. The topological polar surface area (TPSA) is 96.5 Å². The highest BCUT2D eigenvalue weighted by molar-refractivity contribution is 5.94. The maximum absolute atomic E-state index is 13.4. The van der Waals surface area contributed by atoms with Crippen molar-refractivity contribution in [3.05, 3.63) is 39.7 Å². The second kappa shape index (κ2) is 7.91. The first-order valence-electron chi connectivity index (χ1n) is 6.09. The van der Waals surface area contributed by atoms with Crippen molar-refractivity contribution >= 4 is 11.6 Å². The van der Waals surface area contributed by atoms with E-state index in [1.165, 1.54) is 12.0 Å². The number of amides is 1. The molecular formula is C13H14FN3O4. The number of hydrogen-bond donors (Lipinski definition) is 0. The molecule has 0 radical (unpaired) electrons. The molecule has 0 bridgehead atoms. The zero-order valence-electron chi connectivity index (χ0n) is 11.4. The van der Waals surface area contributed by atoms with Crippen LogP contribution < -0.4 is 0 Å². The van der Waals surface area contributed by atoms with E-state index in [4.69, 9.17) is 10.00 Å². The van der Waals surface area contributed by atoms with E-state index in [1.807, 2.05) is 6.07 Å². The number of ether oxygens (including phenoxy) is 1. The van der Waals surface area contributed by atoms with Gasteiger partial charge < -0.3 is 9.64 Å². The van der Waals surface area contributed by atoms with Crippen LogP contribution in [0.15, 0.2) is 18.2 Å². The number of nitro groups is 1. The van der Waals surface area contributed by atoms with Crippen molar-refractivity contribution in [2.45, 2.75) is 6.42 Å². The fourth-order valence-corrected chi connectivity index (χ4v) is 1.69. The van der Waals surface area contributed by atoms with Crippen LogP contribution in [0, 0.1) is 27.3 Å². The third-order valence-electron chi connectivity index (χ3n) is 2.69. The molecule has 0 aliphatic carbocycles. The Morgan fingerprint density at radius 3 is 2.76 bits per heavy atom. The van der Waals surface area contributed by atoms with E-state index in [0.717, 1.165) is 18.2 Å². The van der Waals surface area contributed by atoms with Gasteiger partial charge in [-0.25, -0.2) is 4.39 Å². The lowest BCUT2D eigenvalue weighted by Gasteiger charge is -2.21. The molecule has 0 N–H and O–H groups in total. The molecule has 0 aliphatic heterocycles. The maximum atomic E-state index is 13.4. The first-order valence-corrected chi connectivity index (χ1v) is 6.09. The predicted molar refractivity (Wildman–Crippen MR) is 71.1 cm³/mol. The quantitative estimate of drug-likeness (QED) is 0.563. The monoisotopic (exact) mass is 295 g/mol. The maximum Gasteiger partial charge on any atom is 0.273 e. The zero-order chi connectivity index (χ0) is 15.8. The molecule has 0 saturated heterocycles. The molecule has 0 aromatic heterocycles. The number of nitrogens with zero attached hydrogens (tertiary/aromatic N) is 3. The van der Waals surface area contributed by atoms with Gasteiger partial charge in [-0.2, -0.15) is 5.26 Å². The summed E-state index contributed by atoms with van der Waals surface area (Å²) in [6, 6.07) is 4.59. The Morgan fingerprint density at radius 2 is 2.19 bits per heavy atom. The number of nitriles is 1. The Morgan fingerprint density at radius 1 is 1.48 bits per heavy atom. The Hall–Kier alpha value is -2.53. The highest BCUT2D eigenvalue weighted by Gasteiger charge is 2.19. The third kappa shape index (κ3) is 4.81. The van der Waals surface area contributed by atoms with Crippen LogP contribution in [0.2, 0.25) is 0 Å². The number of carbonyl (C=O) groups excluding carboxylic acids is 1. The first kappa shape index (κ1) is 16.5. The van der Waals surface area contributed by atoms with Crippen LogP contribution in [0.3, 0.4) is 0 Å². The molecule has 0 saturated carbocycles.